The third kappa shape index (κ3) is 4.69. The number of carbonyl (C=O) groups excluding carboxylic acids is 1. The van der Waals surface area contributed by atoms with E-state index in [0.29, 0.717) is 29.8 Å². The van der Waals surface area contributed by atoms with Crippen molar-refractivity contribution in [3.8, 4) is 17.4 Å². The standard InChI is InChI=1S/C22H26N8O5S/c1-27(2)36(32,33)30-10-9-28(20-5-6-24-22(26-20)29-8-7-23-14-29)13-17(30)21(31)25-12-16-3-4-18-19(11-16)35-15-34-18/h3-8,11,14,17H,9-10,12-13,15H2,1-2H3,(H,25,31). The molecule has 1 aromatic carbocycles. The van der Waals surface area contributed by atoms with Gasteiger partial charge in [-0.3, -0.25) is 9.36 Å². The van der Waals surface area contributed by atoms with Gasteiger partial charge in [-0.15, -0.1) is 0 Å². The average molecular weight is 515 g/mol. The number of fused-ring (bicyclic) bond motifs is 1. The number of anilines is 1. The van der Waals surface area contributed by atoms with E-state index in [2.05, 4.69) is 20.3 Å². The van der Waals surface area contributed by atoms with Crippen LogP contribution in [0.25, 0.3) is 5.95 Å². The summed E-state index contributed by atoms with van der Waals surface area (Å²) >= 11 is 0. The van der Waals surface area contributed by atoms with Crippen molar-refractivity contribution in [2.24, 2.45) is 0 Å². The molecule has 1 fully saturated rings. The van der Waals surface area contributed by atoms with Crippen LogP contribution in [0.1, 0.15) is 5.56 Å². The lowest BCUT2D eigenvalue weighted by molar-refractivity contribution is -0.125. The summed E-state index contributed by atoms with van der Waals surface area (Å²) in [6, 6.07) is 6.17. The molecule has 190 valence electrons. The molecule has 0 bridgehead atoms. The van der Waals surface area contributed by atoms with Crippen molar-refractivity contribution in [1.29, 1.82) is 0 Å². The Morgan fingerprint density at radius 3 is 2.78 bits per heavy atom. The number of hydrogen-bond donors (Lipinski definition) is 1. The summed E-state index contributed by atoms with van der Waals surface area (Å²) in [6.45, 7) is 0.971. The molecule has 0 aliphatic carbocycles. The Morgan fingerprint density at radius 2 is 2.00 bits per heavy atom. The minimum atomic E-state index is -3.84. The van der Waals surface area contributed by atoms with Gasteiger partial charge < -0.3 is 19.7 Å². The molecule has 2 aliphatic heterocycles. The van der Waals surface area contributed by atoms with Gasteiger partial charge in [-0.25, -0.2) is 9.97 Å². The fraction of sp³-hybridized carbons (Fsp3) is 0.364. The highest BCUT2D eigenvalue weighted by atomic mass is 32.2. The van der Waals surface area contributed by atoms with Crippen LogP contribution in [0.5, 0.6) is 11.5 Å². The molecule has 36 heavy (non-hydrogen) atoms. The summed E-state index contributed by atoms with van der Waals surface area (Å²) in [5.74, 6) is 1.86. The number of amides is 1. The van der Waals surface area contributed by atoms with Gasteiger partial charge in [0.15, 0.2) is 11.5 Å². The molecule has 1 N–H and O–H groups in total. The second-order valence-corrected chi connectivity index (χ2v) is 10.5. The summed E-state index contributed by atoms with van der Waals surface area (Å²) in [5, 5.41) is 2.87. The van der Waals surface area contributed by atoms with E-state index in [1.54, 1.807) is 47.7 Å². The van der Waals surface area contributed by atoms with Gasteiger partial charge in [0.25, 0.3) is 10.2 Å². The van der Waals surface area contributed by atoms with Gasteiger partial charge in [-0.1, -0.05) is 6.07 Å². The summed E-state index contributed by atoms with van der Waals surface area (Å²) in [5.41, 5.74) is 0.808. The number of piperazine rings is 1. The van der Waals surface area contributed by atoms with E-state index in [9.17, 15) is 13.2 Å². The molecule has 4 heterocycles. The number of hydrogen-bond acceptors (Lipinski definition) is 9. The highest BCUT2D eigenvalue weighted by molar-refractivity contribution is 7.86. The predicted molar refractivity (Wildman–Crippen MR) is 129 cm³/mol. The van der Waals surface area contributed by atoms with Gasteiger partial charge in [0, 0.05) is 58.9 Å². The van der Waals surface area contributed by atoms with Crippen molar-refractivity contribution < 1.29 is 22.7 Å². The fourth-order valence-corrected chi connectivity index (χ4v) is 5.26. The minimum absolute atomic E-state index is 0.118. The van der Waals surface area contributed by atoms with E-state index < -0.39 is 22.2 Å². The molecule has 2 aliphatic rings. The molecule has 1 unspecified atom stereocenters. The Hall–Kier alpha value is -3.75. The number of carbonyl (C=O) groups is 1. The van der Waals surface area contributed by atoms with Gasteiger partial charge in [0.1, 0.15) is 18.2 Å². The van der Waals surface area contributed by atoms with Crippen LogP contribution < -0.4 is 19.7 Å². The van der Waals surface area contributed by atoms with Crippen LogP contribution in [0.3, 0.4) is 0 Å². The van der Waals surface area contributed by atoms with Crippen molar-refractivity contribution in [3.63, 3.8) is 0 Å². The van der Waals surface area contributed by atoms with Crippen LogP contribution in [0.4, 0.5) is 5.82 Å². The maximum absolute atomic E-state index is 13.4. The van der Waals surface area contributed by atoms with E-state index >= 15 is 0 Å². The second-order valence-electron chi connectivity index (χ2n) is 8.45. The van der Waals surface area contributed by atoms with Gasteiger partial charge in [-0.2, -0.15) is 22.0 Å². The van der Waals surface area contributed by atoms with Crippen LogP contribution in [-0.4, -0.2) is 89.0 Å². The number of nitrogens with one attached hydrogen (secondary N) is 1. The van der Waals surface area contributed by atoms with Crippen LogP contribution >= 0.6 is 0 Å². The first-order valence-electron chi connectivity index (χ1n) is 11.2. The van der Waals surface area contributed by atoms with Crippen molar-refractivity contribution in [3.05, 3.63) is 54.7 Å². The molecule has 1 amide bonds. The molecule has 1 saturated heterocycles. The zero-order chi connectivity index (χ0) is 25.3. The summed E-state index contributed by atoms with van der Waals surface area (Å²) in [7, 11) is -0.938. The zero-order valence-corrected chi connectivity index (χ0v) is 20.6. The van der Waals surface area contributed by atoms with Crippen LogP contribution in [0.15, 0.2) is 49.2 Å². The summed E-state index contributed by atoms with van der Waals surface area (Å²) in [4.78, 5) is 28.1. The van der Waals surface area contributed by atoms with Crippen molar-refractivity contribution >= 4 is 21.9 Å². The van der Waals surface area contributed by atoms with Gasteiger partial charge in [-0.05, 0) is 23.8 Å². The Labute approximate surface area is 208 Å². The van der Waals surface area contributed by atoms with Crippen LogP contribution in [0.2, 0.25) is 0 Å². The van der Waals surface area contributed by atoms with Crippen molar-refractivity contribution in [2.75, 3.05) is 45.4 Å². The Kier molecular flexibility index (Phi) is 6.47. The first-order chi connectivity index (χ1) is 17.3. The fourth-order valence-electron chi connectivity index (χ4n) is 4.05. The smallest absolute Gasteiger partial charge is 0.282 e. The molecular formula is C22H26N8O5S. The highest BCUT2D eigenvalue weighted by Crippen LogP contribution is 2.32. The van der Waals surface area contributed by atoms with Crippen LogP contribution in [-0.2, 0) is 21.5 Å². The van der Waals surface area contributed by atoms with E-state index in [1.807, 2.05) is 11.0 Å². The lowest BCUT2D eigenvalue weighted by Crippen LogP contribution is -2.62. The number of ether oxygens (including phenoxy) is 2. The molecule has 14 heteroatoms. The van der Waals surface area contributed by atoms with Crippen molar-refractivity contribution in [2.45, 2.75) is 12.6 Å². The Morgan fingerprint density at radius 1 is 1.17 bits per heavy atom. The minimum Gasteiger partial charge on any atom is -0.454 e. The topological polar surface area (TPSA) is 135 Å². The lowest BCUT2D eigenvalue weighted by Gasteiger charge is -2.40. The molecule has 2 aromatic heterocycles. The number of aromatic nitrogens is 4. The number of benzene rings is 1. The van der Waals surface area contributed by atoms with E-state index in [-0.39, 0.29) is 26.4 Å². The Balaban J connectivity index is 1.36. The van der Waals surface area contributed by atoms with Crippen molar-refractivity contribution in [1.82, 2.24) is 33.4 Å². The van der Waals surface area contributed by atoms with E-state index in [0.717, 1.165) is 9.87 Å². The number of nitrogens with zero attached hydrogens (tertiary/aromatic N) is 7. The quantitative estimate of drug-likeness (QED) is 0.462. The molecule has 0 radical (unpaired) electrons. The summed E-state index contributed by atoms with van der Waals surface area (Å²) < 4.78 is 40.8. The highest BCUT2D eigenvalue weighted by Gasteiger charge is 2.40. The van der Waals surface area contributed by atoms with Gasteiger partial charge in [0.2, 0.25) is 18.6 Å². The zero-order valence-electron chi connectivity index (χ0n) is 19.8. The SMILES string of the molecule is CN(C)S(=O)(=O)N1CCN(c2ccnc(-n3ccnc3)n2)CC1C(=O)NCc1ccc2c(c1)OCO2. The van der Waals surface area contributed by atoms with Gasteiger partial charge >= 0.3 is 0 Å². The van der Waals surface area contributed by atoms with Crippen LogP contribution in [0, 0.1) is 0 Å². The molecule has 0 saturated carbocycles. The monoisotopic (exact) mass is 514 g/mol. The molecule has 0 spiro atoms. The van der Waals surface area contributed by atoms with Gasteiger partial charge in [0.05, 0.1) is 0 Å². The molecule has 5 rings (SSSR count). The summed E-state index contributed by atoms with van der Waals surface area (Å²) in [6.07, 6.45) is 6.57. The first kappa shape index (κ1) is 24.0. The van der Waals surface area contributed by atoms with E-state index in [4.69, 9.17) is 9.47 Å². The first-order valence-corrected chi connectivity index (χ1v) is 12.6. The third-order valence-corrected chi connectivity index (χ3v) is 7.94. The largest absolute Gasteiger partial charge is 0.454 e. The average Bonchev–Trinajstić information content (AvgIpc) is 3.59. The normalized spacial score (nSPS) is 18.0. The molecule has 13 nitrogen and oxygen atoms in total. The Bertz CT molecular complexity index is 1350. The maximum Gasteiger partial charge on any atom is 0.282 e. The molecule has 1 atom stereocenters. The molecular weight excluding hydrogens is 488 g/mol. The lowest BCUT2D eigenvalue weighted by atomic mass is 10.1. The van der Waals surface area contributed by atoms with E-state index in [1.165, 1.54) is 18.4 Å². The third-order valence-electron chi connectivity index (χ3n) is 5.98. The second kappa shape index (κ2) is 9.72. The predicted octanol–water partition coefficient (Wildman–Crippen LogP) is 0.00440. The molecule has 3 aromatic rings. The number of imidazole rings is 1. The number of rotatable bonds is 7. The maximum atomic E-state index is 13.4.